The minimum atomic E-state index is -0.0785. The molecular weight excluding hydrogens is 236 g/mol. The zero-order valence-corrected chi connectivity index (χ0v) is 8.55. The zero-order valence-electron chi connectivity index (χ0n) is 6.97. The van der Waals surface area contributed by atoms with Gasteiger partial charge in [-0.1, -0.05) is 0 Å². The number of nitrogens with two attached hydrogens (primary N) is 1. The van der Waals surface area contributed by atoms with E-state index in [-0.39, 0.29) is 11.6 Å². The smallest absolute Gasteiger partial charge is 0.161 e. The molecule has 0 aliphatic rings. The average molecular weight is 245 g/mol. The molecule has 4 nitrogen and oxygen atoms in total. The predicted molar refractivity (Wildman–Crippen MR) is 53.4 cm³/mol. The van der Waals surface area contributed by atoms with Gasteiger partial charge in [0.25, 0.3) is 0 Å². The van der Waals surface area contributed by atoms with E-state index in [1.54, 1.807) is 0 Å². The largest absolute Gasteiger partial charge is 0.504 e. The molecule has 13 heavy (non-hydrogen) atoms. The van der Waals surface area contributed by atoms with Crippen LogP contribution in [0.1, 0.15) is 5.56 Å². The van der Waals surface area contributed by atoms with Gasteiger partial charge in [-0.25, -0.2) is 0 Å². The summed E-state index contributed by atoms with van der Waals surface area (Å²) in [5, 5.41) is 16.6. The number of nitrogens with one attached hydrogen (secondary N) is 1. The van der Waals surface area contributed by atoms with Gasteiger partial charge in [-0.2, -0.15) is 0 Å². The first-order valence-corrected chi connectivity index (χ1v) is 4.26. The van der Waals surface area contributed by atoms with E-state index in [9.17, 15) is 5.11 Å². The van der Waals surface area contributed by atoms with Crippen LogP contribution in [-0.2, 0) is 0 Å². The first kappa shape index (κ1) is 9.85. The van der Waals surface area contributed by atoms with Crippen LogP contribution >= 0.6 is 15.9 Å². The third kappa shape index (κ3) is 1.92. The highest BCUT2D eigenvalue weighted by Gasteiger charge is 2.09. The van der Waals surface area contributed by atoms with Crippen molar-refractivity contribution in [1.29, 1.82) is 5.41 Å². The van der Waals surface area contributed by atoms with Crippen LogP contribution in [0.15, 0.2) is 16.6 Å². The van der Waals surface area contributed by atoms with E-state index in [1.165, 1.54) is 19.2 Å². The third-order valence-electron chi connectivity index (χ3n) is 1.56. The van der Waals surface area contributed by atoms with Gasteiger partial charge in [0.1, 0.15) is 5.84 Å². The van der Waals surface area contributed by atoms with Gasteiger partial charge < -0.3 is 15.6 Å². The highest BCUT2D eigenvalue weighted by molar-refractivity contribution is 9.10. The maximum atomic E-state index is 9.33. The van der Waals surface area contributed by atoms with Gasteiger partial charge in [-0.15, -0.1) is 0 Å². The van der Waals surface area contributed by atoms with Crippen molar-refractivity contribution in [1.82, 2.24) is 0 Å². The third-order valence-corrected chi connectivity index (χ3v) is 2.21. The average Bonchev–Trinajstić information content (AvgIpc) is 2.03. The Balaban J connectivity index is 3.30. The summed E-state index contributed by atoms with van der Waals surface area (Å²) in [5.74, 6) is 0.234. The summed E-state index contributed by atoms with van der Waals surface area (Å²) in [5.41, 5.74) is 5.80. The fourth-order valence-corrected chi connectivity index (χ4v) is 1.46. The summed E-state index contributed by atoms with van der Waals surface area (Å²) in [6.45, 7) is 0. The predicted octanol–water partition coefficient (Wildman–Crippen LogP) is 1.45. The molecule has 0 aliphatic carbocycles. The Kier molecular flexibility index (Phi) is 2.77. The molecular formula is C8H9BrN2O2. The number of hydrogen-bond donors (Lipinski definition) is 3. The number of ether oxygens (including phenoxy) is 1. The summed E-state index contributed by atoms with van der Waals surface area (Å²) in [6, 6.07) is 2.94. The number of phenolic OH excluding ortho intramolecular Hbond substituents is 1. The van der Waals surface area contributed by atoms with Crippen LogP contribution in [0, 0.1) is 5.41 Å². The van der Waals surface area contributed by atoms with Crippen LogP contribution in [0.3, 0.4) is 0 Å². The van der Waals surface area contributed by atoms with Crippen molar-refractivity contribution in [3.63, 3.8) is 0 Å². The van der Waals surface area contributed by atoms with Gasteiger partial charge in [0.2, 0.25) is 0 Å². The second-order valence-corrected chi connectivity index (χ2v) is 3.27. The van der Waals surface area contributed by atoms with Gasteiger partial charge in [0, 0.05) is 10.0 Å². The van der Waals surface area contributed by atoms with E-state index in [2.05, 4.69) is 15.9 Å². The molecule has 0 aromatic heterocycles. The van der Waals surface area contributed by atoms with Crippen LogP contribution in [0.2, 0.25) is 0 Å². The number of methoxy groups -OCH3 is 1. The number of nitrogen functional groups attached to an aromatic ring is 1. The topological polar surface area (TPSA) is 79.3 Å². The highest BCUT2D eigenvalue weighted by atomic mass is 79.9. The summed E-state index contributed by atoms with van der Waals surface area (Å²) in [7, 11) is 1.44. The van der Waals surface area contributed by atoms with Crippen LogP contribution < -0.4 is 10.5 Å². The Bertz CT molecular complexity index is 352. The van der Waals surface area contributed by atoms with Crippen molar-refractivity contribution in [3.8, 4) is 11.5 Å². The van der Waals surface area contributed by atoms with Crippen LogP contribution in [0.5, 0.6) is 11.5 Å². The van der Waals surface area contributed by atoms with Crippen molar-refractivity contribution in [2.45, 2.75) is 0 Å². The van der Waals surface area contributed by atoms with Gasteiger partial charge in [0.05, 0.1) is 7.11 Å². The van der Waals surface area contributed by atoms with E-state index >= 15 is 0 Å². The Morgan fingerprint density at radius 3 is 2.69 bits per heavy atom. The SMILES string of the molecule is COc1cc(C(=N)N)c(Br)cc1O. The molecule has 0 spiro atoms. The molecule has 5 heteroatoms. The first-order chi connectivity index (χ1) is 6.06. The molecule has 0 unspecified atom stereocenters. The Morgan fingerprint density at radius 2 is 2.23 bits per heavy atom. The molecule has 0 radical (unpaired) electrons. The summed E-state index contributed by atoms with van der Waals surface area (Å²) in [4.78, 5) is 0. The normalized spacial score (nSPS) is 9.69. The fourth-order valence-electron chi connectivity index (χ4n) is 0.913. The molecule has 0 fully saturated rings. The standard InChI is InChI=1S/C8H9BrN2O2/c1-13-7-2-4(8(10)11)5(9)3-6(7)12/h2-3,12H,1H3,(H3,10,11). The number of phenols is 1. The fraction of sp³-hybridized carbons (Fsp3) is 0.125. The monoisotopic (exact) mass is 244 g/mol. The van der Waals surface area contributed by atoms with Crippen molar-refractivity contribution < 1.29 is 9.84 Å². The lowest BCUT2D eigenvalue weighted by molar-refractivity contribution is 0.373. The molecule has 0 saturated carbocycles. The van der Waals surface area contributed by atoms with Crippen molar-refractivity contribution in [3.05, 3.63) is 22.2 Å². The molecule has 0 aliphatic heterocycles. The molecule has 0 saturated heterocycles. The van der Waals surface area contributed by atoms with Crippen LogP contribution in [0.25, 0.3) is 0 Å². The van der Waals surface area contributed by atoms with E-state index in [0.29, 0.717) is 15.8 Å². The van der Waals surface area contributed by atoms with Crippen LogP contribution in [0.4, 0.5) is 0 Å². The van der Waals surface area contributed by atoms with Gasteiger partial charge >= 0.3 is 0 Å². The molecule has 0 atom stereocenters. The van der Waals surface area contributed by atoms with Gasteiger partial charge in [-0.05, 0) is 28.1 Å². The summed E-state index contributed by atoms with van der Waals surface area (Å²) in [6.07, 6.45) is 0. The molecule has 1 rings (SSSR count). The van der Waals surface area contributed by atoms with Gasteiger partial charge in [-0.3, -0.25) is 5.41 Å². The lowest BCUT2D eigenvalue weighted by Crippen LogP contribution is -2.11. The quantitative estimate of drug-likeness (QED) is 0.545. The lowest BCUT2D eigenvalue weighted by Gasteiger charge is -2.07. The van der Waals surface area contributed by atoms with E-state index < -0.39 is 0 Å². The van der Waals surface area contributed by atoms with Crippen molar-refractivity contribution in [2.75, 3.05) is 7.11 Å². The molecule has 1 aromatic carbocycles. The van der Waals surface area contributed by atoms with Crippen molar-refractivity contribution >= 4 is 21.8 Å². The second-order valence-electron chi connectivity index (χ2n) is 2.42. The first-order valence-electron chi connectivity index (χ1n) is 3.47. The van der Waals surface area contributed by atoms with Crippen molar-refractivity contribution in [2.24, 2.45) is 5.73 Å². The maximum absolute atomic E-state index is 9.33. The number of benzene rings is 1. The second kappa shape index (κ2) is 3.66. The summed E-state index contributed by atoms with van der Waals surface area (Å²) < 4.78 is 5.44. The number of amidine groups is 1. The maximum Gasteiger partial charge on any atom is 0.161 e. The lowest BCUT2D eigenvalue weighted by atomic mass is 10.2. The number of aromatic hydroxyl groups is 1. The van der Waals surface area contributed by atoms with Gasteiger partial charge in [0.15, 0.2) is 11.5 Å². The molecule has 0 amide bonds. The molecule has 4 N–H and O–H groups in total. The minimum absolute atomic E-state index is 0.0133. The van der Waals surface area contributed by atoms with E-state index in [0.717, 1.165) is 0 Å². The Labute approximate surface area is 84.0 Å². The molecule has 0 heterocycles. The molecule has 0 bridgehead atoms. The minimum Gasteiger partial charge on any atom is -0.504 e. The zero-order chi connectivity index (χ0) is 10.0. The number of hydrogen-bond acceptors (Lipinski definition) is 3. The molecule has 70 valence electrons. The van der Waals surface area contributed by atoms with E-state index in [1.807, 2.05) is 0 Å². The number of halogens is 1. The number of rotatable bonds is 2. The molecule has 1 aromatic rings. The van der Waals surface area contributed by atoms with E-state index in [4.69, 9.17) is 15.9 Å². The summed E-state index contributed by atoms with van der Waals surface area (Å²) >= 11 is 3.17. The Morgan fingerprint density at radius 1 is 1.62 bits per heavy atom. The highest BCUT2D eigenvalue weighted by Crippen LogP contribution is 2.31. The van der Waals surface area contributed by atoms with Crippen LogP contribution in [-0.4, -0.2) is 18.1 Å². The Hall–Kier alpha value is -1.23.